The van der Waals surface area contributed by atoms with Crippen LogP contribution in [0.4, 0.5) is 5.69 Å². The molecule has 0 N–H and O–H groups in total. The van der Waals surface area contributed by atoms with Gasteiger partial charge in [-0.25, -0.2) is 0 Å². The van der Waals surface area contributed by atoms with Gasteiger partial charge in [0.2, 0.25) is 0 Å². The fourth-order valence-electron chi connectivity index (χ4n) is 4.96. The van der Waals surface area contributed by atoms with Crippen molar-refractivity contribution in [3.05, 3.63) is 53.6 Å². The van der Waals surface area contributed by atoms with E-state index in [0.29, 0.717) is 24.5 Å². The molecule has 3 nitrogen and oxygen atoms in total. The zero-order valence-electron chi connectivity index (χ0n) is 18.8. The lowest BCUT2D eigenvalue weighted by Crippen LogP contribution is -2.49. The number of rotatable bonds is 6. The molecule has 0 bridgehead atoms. The Labute approximate surface area is 176 Å². The maximum Gasteiger partial charge on any atom is 0.302 e. The third-order valence-corrected chi connectivity index (χ3v) is 6.40. The van der Waals surface area contributed by atoms with Crippen molar-refractivity contribution in [2.45, 2.75) is 71.8 Å². The molecule has 0 saturated heterocycles. The molecule has 3 rings (SSSR count). The predicted molar refractivity (Wildman–Crippen MR) is 121 cm³/mol. The summed E-state index contributed by atoms with van der Waals surface area (Å²) >= 11 is 0. The minimum Gasteiger partial charge on any atom is -0.466 e. The van der Waals surface area contributed by atoms with Gasteiger partial charge in [0.05, 0.1) is 6.61 Å². The van der Waals surface area contributed by atoms with E-state index in [2.05, 4.69) is 75.1 Å². The molecule has 0 aromatic heterocycles. The summed E-state index contributed by atoms with van der Waals surface area (Å²) in [6.07, 6.45) is 13.3. The van der Waals surface area contributed by atoms with Crippen molar-refractivity contribution in [1.82, 2.24) is 0 Å². The van der Waals surface area contributed by atoms with E-state index in [1.165, 1.54) is 23.7 Å². The Morgan fingerprint density at radius 3 is 2.66 bits per heavy atom. The molecular weight excluding hydrogens is 358 g/mol. The Bertz CT molecular complexity index is 771. The number of hydrogen-bond acceptors (Lipinski definition) is 3. The van der Waals surface area contributed by atoms with Crippen molar-refractivity contribution >= 4 is 11.7 Å². The third-order valence-electron chi connectivity index (χ3n) is 6.40. The number of esters is 1. The highest BCUT2D eigenvalue weighted by molar-refractivity contribution is 5.65. The van der Waals surface area contributed by atoms with Gasteiger partial charge in [-0.2, -0.15) is 0 Å². The predicted octanol–water partition coefficient (Wildman–Crippen LogP) is 5.83. The van der Waals surface area contributed by atoms with Crippen LogP contribution in [0.15, 0.2) is 42.5 Å². The number of fused-ring (bicyclic) bond motifs is 1. The van der Waals surface area contributed by atoms with Crippen LogP contribution >= 0.6 is 0 Å². The minimum atomic E-state index is -0.180. The van der Waals surface area contributed by atoms with Crippen LogP contribution in [0.3, 0.4) is 0 Å². The third kappa shape index (κ3) is 5.12. The average molecular weight is 396 g/mol. The maximum absolute atomic E-state index is 11.2. The molecule has 1 aromatic carbocycles. The molecule has 0 radical (unpaired) electrons. The van der Waals surface area contributed by atoms with Crippen molar-refractivity contribution in [2.75, 3.05) is 18.1 Å². The maximum atomic E-state index is 11.2. The Morgan fingerprint density at radius 2 is 2.03 bits per heavy atom. The number of nitrogens with zero attached hydrogens (tertiary/aromatic N) is 1. The summed E-state index contributed by atoms with van der Waals surface area (Å²) in [5, 5.41) is 0. The van der Waals surface area contributed by atoms with Crippen LogP contribution in [-0.2, 0) is 21.4 Å². The molecule has 3 heteroatoms. The lowest BCUT2D eigenvalue weighted by atomic mass is 9.74. The van der Waals surface area contributed by atoms with Gasteiger partial charge in [0.25, 0.3) is 0 Å². The zero-order valence-corrected chi connectivity index (χ0v) is 18.8. The van der Waals surface area contributed by atoms with Gasteiger partial charge in [-0.1, -0.05) is 57.2 Å². The molecule has 2 aliphatic rings. The van der Waals surface area contributed by atoms with Crippen molar-refractivity contribution in [2.24, 2.45) is 11.8 Å². The monoisotopic (exact) mass is 395 g/mol. The first-order valence-corrected chi connectivity index (χ1v) is 11.2. The minimum absolute atomic E-state index is 0.157. The number of carbonyl (C=O) groups is 1. The van der Waals surface area contributed by atoms with Crippen molar-refractivity contribution in [3.63, 3.8) is 0 Å². The topological polar surface area (TPSA) is 29.5 Å². The molecule has 0 saturated carbocycles. The van der Waals surface area contributed by atoms with Crippen LogP contribution in [0.25, 0.3) is 0 Å². The molecule has 1 unspecified atom stereocenters. The van der Waals surface area contributed by atoms with Crippen LogP contribution in [-0.4, -0.2) is 25.2 Å². The van der Waals surface area contributed by atoms with Crippen molar-refractivity contribution < 1.29 is 9.53 Å². The summed E-state index contributed by atoms with van der Waals surface area (Å²) in [5.74, 6) is 0.921. The molecule has 1 aliphatic carbocycles. The summed E-state index contributed by atoms with van der Waals surface area (Å²) in [5.41, 5.74) is 4.45. The Hall–Kier alpha value is -2.03. The first-order chi connectivity index (χ1) is 13.8. The summed E-state index contributed by atoms with van der Waals surface area (Å²) < 4.78 is 5.22. The summed E-state index contributed by atoms with van der Waals surface area (Å²) in [7, 11) is 0. The standard InChI is InChI=1S/C26H37NO2/c1-6-27-24-15-14-23(26(3,4)5)18-22(24)17-21(13-10-16-29-19(2)28)25(27)20-11-8-7-9-12-20/h7-9,11,14-15,18,20-21,25H,6,10,12-13,16-17H2,1-5H3/t20?,21-,25-/m0/s1. The number of benzene rings is 1. The Morgan fingerprint density at radius 1 is 1.24 bits per heavy atom. The lowest BCUT2D eigenvalue weighted by molar-refractivity contribution is -0.141. The quantitative estimate of drug-likeness (QED) is 0.448. The summed E-state index contributed by atoms with van der Waals surface area (Å²) in [6.45, 7) is 12.2. The van der Waals surface area contributed by atoms with Gasteiger partial charge in [0.1, 0.15) is 0 Å². The largest absolute Gasteiger partial charge is 0.466 e. The van der Waals surface area contributed by atoms with E-state index in [1.54, 1.807) is 0 Å². The lowest BCUT2D eigenvalue weighted by Gasteiger charge is -2.47. The molecule has 1 aliphatic heterocycles. The molecule has 1 aromatic rings. The molecule has 0 amide bonds. The van der Waals surface area contributed by atoms with Gasteiger partial charge in [0.15, 0.2) is 0 Å². The van der Waals surface area contributed by atoms with E-state index in [0.717, 1.165) is 32.2 Å². The average Bonchev–Trinajstić information content (AvgIpc) is 2.69. The normalized spacial score (nSPS) is 23.8. The van der Waals surface area contributed by atoms with Gasteiger partial charge in [-0.15, -0.1) is 0 Å². The van der Waals surface area contributed by atoms with Gasteiger partial charge < -0.3 is 9.64 Å². The highest BCUT2D eigenvalue weighted by Gasteiger charge is 2.37. The van der Waals surface area contributed by atoms with Crippen LogP contribution in [0, 0.1) is 11.8 Å². The summed E-state index contributed by atoms with van der Waals surface area (Å²) in [4.78, 5) is 13.8. The number of ether oxygens (including phenoxy) is 1. The smallest absolute Gasteiger partial charge is 0.302 e. The van der Waals surface area contributed by atoms with E-state index < -0.39 is 0 Å². The van der Waals surface area contributed by atoms with Crippen molar-refractivity contribution in [3.8, 4) is 0 Å². The van der Waals surface area contributed by atoms with Crippen molar-refractivity contribution in [1.29, 1.82) is 0 Å². The SMILES string of the molecule is CCN1c2ccc(C(C)(C)C)cc2C[C@H](CCCOC(C)=O)[C@@H]1C1C=CC=CC1. The zero-order chi connectivity index (χ0) is 21.0. The Kier molecular flexibility index (Phi) is 6.87. The van der Waals surface area contributed by atoms with E-state index >= 15 is 0 Å². The molecule has 0 fully saturated rings. The fourth-order valence-corrected chi connectivity index (χ4v) is 4.96. The number of allylic oxidation sites excluding steroid dienone is 3. The Balaban J connectivity index is 1.90. The highest BCUT2D eigenvalue weighted by Crippen LogP contribution is 2.42. The van der Waals surface area contributed by atoms with Crippen LogP contribution in [0.2, 0.25) is 0 Å². The molecular formula is C26H37NO2. The second kappa shape index (κ2) is 9.19. The van der Waals surface area contributed by atoms with E-state index in [9.17, 15) is 4.79 Å². The second-order valence-electron chi connectivity index (χ2n) is 9.53. The molecule has 1 heterocycles. The van der Waals surface area contributed by atoms with E-state index in [-0.39, 0.29) is 11.4 Å². The first-order valence-electron chi connectivity index (χ1n) is 11.2. The van der Waals surface area contributed by atoms with Gasteiger partial charge in [-0.3, -0.25) is 4.79 Å². The first kappa shape index (κ1) is 21.7. The molecule has 29 heavy (non-hydrogen) atoms. The molecule has 0 spiro atoms. The van der Waals surface area contributed by atoms with Crippen LogP contribution in [0.5, 0.6) is 0 Å². The van der Waals surface area contributed by atoms with E-state index in [4.69, 9.17) is 4.74 Å². The fraction of sp³-hybridized carbons (Fsp3) is 0.577. The van der Waals surface area contributed by atoms with Gasteiger partial charge in [0, 0.05) is 31.1 Å². The molecule has 3 atom stereocenters. The number of anilines is 1. The summed E-state index contributed by atoms with van der Waals surface area (Å²) in [6, 6.07) is 7.59. The highest BCUT2D eigenvalue weighted by atomic mass is 16.5. The van der Waals surface area contributed by atoms with Crippen LogP contribution in [0.1, 0.15) is 65.0 Å². The van der Waals surface area contributed by atoms with Gasteiger partial charge in [-0.05, 0) is 61.1 Å². The number of carbonyl (C=O) groups excluding carboxylic acids is 1. The molecule has 158 valence electrons. The van der Waals surface area contributed by atoms with Crippen LogP contribution < -0.4 is 4.90 Å². The van der Waals surface area contributed by atoms with Gasteiger partial charge >= 0.3 is 5.97 Å². The second-order valence-corrected chi connectivity index (χ2v) is 9.53. The van der Waals surface area contributed by atoms with E-state index in [1.807, 2.05) is 0 Å². The number of hydrogen-bond donors (Lipinski definition) is 0.